The number of hydrogen-bond donors (Lipinski definition) is 1. The first-order chi connectivity index (χ1) is 14.7. The molecule has 2 aromatic rings. The van der Waals surface area contributed by atoms with Crippen LogP contribution in [0.15, 0.2) is 35.8 Å². The topological polar surface area (TPSA) is 100 Å². The molecule has 0 spiro atoms. The average molecular weight is 446 g/mol. The summed E-state index contributed by atoms with van der Waals surface area (Å²) in [5, 5.41) is 11.9. The Balaban J connectivity index is 1.83. The Labute approximate surface area is 185 Å². The molecule has 1 aromatic heterocycles. The number of carbonyl (C=O) groups excluding carboxylic acids is 2. The monoisotopic (exact) mass is 445 g/mol. The minimum atomic E-state index is -0.993. The number of likely N-dealkylation sites (tertiary alicyclic amines) is 1. The molecule has 8 nitrogen and oxygen atoms in total. The number of thiazole rings is 1. The first-order valence-electron chi connectivity index (χ1n) is 10.2. The van der Waals surface area contributed by atoms with Gasteiger partial charge in [-0.2, -0.15) is 0 Å². The molecule has 9 heteroatoms. The maximum absolute atomic E-state index is 13.4. The first kappa shape index (κ1) is 22.7. The number of carboxylic acids is 1. The number of amides is 2. The normalized spacial score (nSPS) is 16.2. The van der Waals surface area contributed by atoms with Gasteiger partial charge in [0.1, 0.15) is 16.7 Å². The van der Waals surface area contributed by atoms with E-state index in [-0.39, 0.29) is 18.9 Å². The van der Waals surface area contributed by atoms with Crippen molar-refractivity contribution in [1.29, 1.82) is 0 Å². The van der Waals surface area contributed by atoms with Crippen molar-refractivity contribution in [3.8, 4) is 10.6 Å². The molecule has 166 valence electrons. The van der Waals surface area contributed by atoms with Crippen molar-refractivity contribution in [1.82, 2.24) is 9.88 Å². The van der Waals surface area contributed by atoms with E-state index in [0.717, 1.165) is 10.6 Å². The third kappa shape index (κ3) is 5.81. The van der Waals surface area contributed by atoms with Crippen LogP contribution in [0.25, 0.3) is 10.6 Å². The van der Waals surface area contributed by atoms with E-state index in [9.17, 15) is 14.4 Å². The molecule has 0 aliphatic carbocycles. The molecule has 1 unspecified atom stereocenters. The molecular weight excluding hydrogens is 418 g/mol. The van der Waals surface area contributed by atoms with Gasteiger partial charge in [-0.25, -0.2) is 9.78 Å². The van der Waals surface area contributed by atoms with Crippen LogP contribution in [0.1, 0.15) is 40.0 Å². The van der Waals surface area contributed by atoms with Crippen LogP contribution >= 0.6 is 11.3 Å². The highest BCUT2D eigenvalue weighted by atomic mass is 32.1. The summed E-state index contributed by atoms with van der Waals surface area (Å²) in [7, 11) is 0. The van der Waals surface area contributed by atoms with E-state index >= 15 is 0 Å². The zero-order valence-corrected chi connectivity index (χ0v) is 18.7. The van der Waals surface area contributed by atoms with E-state index in [1.807, 2.05) is 17.5 Å². The van der Waals surface area contributed by atoms with Gasteiger partial charge in [0, 0.05) is 35.9 Å². The number of benzene rings is 1. The maximum Gasteiger partial charge on any atom is 0.410 e. The van der Waals surface area contributed by atoms with Crippen LogP contribution in [0.5, 0.6) is 0 Å². The van der Waals surface area contributed by atoms with Gasteiger partial charge < -0.3 is 14.7 Å². The van der Waals surface area contributed by atoms with Crippen LogP contribution in [0.4, 0.5) is 10.5 Å². The minimum absolute atomic E-state index is 0.0173. The molecule has 1 saturated heterocycles. The second-order valence-corrected chi connectivity index (χ2v) is 9.24. The van der Waals surface area contributed by atoms with E-state index in [0.29, 0.717) is 25.1 Å². The standard InChI is InChI=1S/C22H27N3O5S/c1-22(2,3)30-21(29)25-12-4-5-17(25)20(28)24(13-10-18(26)27)16-8-6-15(7-9-16)19-23-11-14-31-19/h6-9,11,14,17H,4-5,10,12-13H2,1-3H3,(H,26,27). The number of hydrogen-bond acceptors (Lipinski definition) is 6. The molecule has 1 N–H and O–H groups in total. The summed E-state index contributed by atoms with van der Waals surface area (Å²) in [5.41, 5.74) is 0.838. The van der Waals surface area contributed by atoms with Crippen molar-refractivity contribution in [2.24, 2.45) is 0 Å². The van der Waals surface area contributed by atoms with Crippen molar-refractivity contribution in [3.05, 3.63) is 35.8 Å². The second kappa shape index (κ2) is 9.47. The van der Waals surface area contributed by atoms with Gasteiger partial charge >= 0.3 is 12.1 Å². The Hall–Kier alpha value is -2.94. The minimum Gasteiger partial charge on any atom is -0.481 e. The summed E-state index contributed by atoms with van der Waals surface area (Å²) in [5.74, 6) is -1.29. The van der Waals surface area contributed by atoms with Crippen LogP contribution in [0, 0.1) is 0 Å². The summed E-state index contributed by atoms with van der Waals surface area (Å²) in [6.45, 7) is 5.79. The van der Waals surface area contributed by atoms with Gasteiger partial charge in [-0.15, -0.1) is 11.3 Å². The van der Waals surface area contributed by atoms with Crippen LogP contribution in [0.2, 0.25) is 0 Å². The molecule has 0 saturated carbocycles. The fourth-order valence-corrected chi connectivity index (χ4v) is 4.11. The van der Waals surface area contributed by atoms with Gasteiger partial charge in [-0.1, -0.05) is 0 Å². The fraction of sp³-hybridized carbons (Fsp3) is 0.455. The second-order valence-electron chi connectivity index (χ2n) is 8.35. The molecule has 2 heterocycles. The number of anilines is 1. The van der Waals surface area contributed by atoms with Gasteiger partial charge in [0.15, 0.2) is 0 Å². The maximum atomic E-state index is 13.4. The Morgan fingerprint density at radius 1 is 1.26 bits per heavy atom. The number of aromatic nitrogens is 1. The zero-order chi connectivity index (χ0) is 22.6. The molecule has 1 atom stereocenters. The molecule has 1 aliphatic rings. The Morgan fingerprint density at radius 2 is 1.97 bits per heavy atom. The van der Waals surface area contributed by atoms with Gasteiger partial charge in [0.2, 0.25) is 5.91 Å². The van der Waals surface area contributed by atoms with Crippen LogP contribution < -0.4 is 4.90 Å². The smallest absolute Gasteiger partial charge is 0.410 e. The van der Waals surface area contributed by atoms with E-state index in [4.69, 9.17) is 9.84 Å². The number of rotatable bonds is 6. The summed E-state index contributed by atoms with van der Waals surface area (Å²) >= 11 is 1.51. The molecule has 1 aromatic carbocycles. The number of carbonyl (C=O) groups is 3. The van der Waals surface area contributed by atoms with E-state index in [1.54, 1.807) is 39.1 Å². The highest BCUT2D eigenvalue weighted by Gasteiger charge is 2.39. The fourth-order valence-electron chi connectivity index (χ4n) is 3.47. The summed E-state index contributed by atoms with van der Waals surface area (Å²) in [4.78, 5) is 44.4. The van der Waals surface area contributed by atoms with Gasteiger partial charge in [-0.3, -0.25) is 14.5 Å². The lowest BCUT2D eigenvalue weighted by Gasteiger charge is -2.31. The van der Waals surface area contributed by atoms with Crippen molar-refractivity contribution < 1.29 is 24.2 Å². The molecule has 1 aliphatic heterocycles. The summed E-state index contributed by atoms with van der Waals surface area (Å²) < 4.78 is 5.46. The molecule has 3 rings (SSSR count). The van der Waals surface area contributed by atoms with E-state index in [2.05, 4.69) is 4.98 Å². The zero-order valence-electron chi connectivity index (χ0n) is 17.9. The third-order valence-corrected chi connectivity index (χ3v) is 5.66. The van der Waals surface area contributed by atoms with Gasteiger partial charge in [0.05, 0.1) is 6.42 Å². The van der Waals surface area contributed by atoms with Crippen LogP contribution in [-0.2, 0) is 14.3 Å². The SMILES string of the molecule is CC(C)(C)OC(=O)N1CCCC1C(=O)N(CCC(=O)O)c1ccc(-c2nccs2)cc1. The van der Waals surface area contributed by atoms with Crippen molar-refractivity contribution in [2.45, 2.75) is 51.7 Å². The Bertz CT molecular complexity index is 922. The van der Waals surface area contributed by atoms with Gasteiger partial charge in [0.25, 0.3) is 0 Å². The number of aliphatic carboxylic acids is 1. The highest BCUT2D eigenvalue weighted by molar-refractivity contribution is 7.13. The highest BCUT2D eigenvalue weighted by Crippen LogP contribution is 2.28. The van der Waals surface area contributed by atoms with E-state index < -0.39 is 23.7 Å². The summed E-state index contributed by atoms with van der Waals surface area (Å²) in [6, 6.07) is 6.60. The summed E-state index contributed by atoms with van der Waals surface area (Å²) in [6.07, 6.45) is 2.20. The number of nitrogens with zero attached hydrogens (tertiary/aromatic N) is 3. The van der Waals surface area contributed by atoms with Crippen molar-refractivity contribution in [3.63, 3.8) is 0 Å². The van der Waals surface area contributed by atoms with Gasteiger partial charge in [-0.05, 0) is 57.9 Å². The lowest BCUT2D eigenvalue weighted by molar-refractivity contribution is -0.136. The molecule has 0 bridgehead atoms. The van der Waals surface area contributed by atoms with E-state index in [1.165, 1.54) is 21.1 Å². The average Bonchev–Trinajstić information content (AvgIpc) is 3.39. The number of carboxylic acid groups (broad SMARTS) is 1. The first-order valence-corrected chi connectivity index (χ1v) is 11.1. The Morgan fingerprint density at radius 3 is 2.55 bits per heavy atom. The van der Waals surface area contributed by atoms with Crippen molar-refractivity contribution in [2.75, 3.05) is 18.0 Å². The third-order valence-electron chi connectivity index (χ3n) is 4.84. The molecule has 0 radical (unpaired) electrons. The Kier molecular flexibility index (Phi) is 6.94. The molecule has 1 fully saturated rings. The number of ether oxygens (including phenoxy) is 1. The van der Waals surface area contributed by atoms with Crippen LogP contribution in [-0.4, -0.2) is 57.7 Å². The predicted octanol–water partition coefficient (Wildman–Crippen LogP) is 4.02. The largest absolute Gasteiger partial charge is 0.481 e. The van der Waals surface area contributed by atoms with Crippen LogP contribution in [0.3, 0.4) is 0 Å². The molecule has 31 heavy (non-hydrogen) atoms. The van der Waals surface area contributed by atoms with Crippen molar-refractivity contribution >= 4 is 35.0 Å². The molecular formula is C22H27N3O5S. The lowest BCUT2D eigenvalue weighted by Crippen LogP contribution is -2.49. The predicted molar refractivity (Wildman–Crippen MR) is 118 cm³/mol. The quantitative estimate of drug-likeness (QED) is 0.721. The lowest BCUT2D eigenvalue weighted by atomic mass is 10.1. The molecule has 2 amide bonds.